The van der Waals surface area contributed by atoms with Crippen molar-refractivity contribution >= 4 is 16.9 Å². The zero-order valence-electron chi connectivity index (χ0n) is 13.7. The lowest BCUT2D eigenvalue weighted by Crippen LogP contribution is -2.15. The highest BCUT2D eigenvalue weighted by atomic mass is 16.6. The van der Waals surface area contributed by atoms with E-state index in [0.717, 1.165) is 0 Å². The molecule has 3 rings (SSSR count). The number of ether oxygens (including phenoxy) is 2. The third kappa shape index (κ3) is 3.33. The van der Waals surface area contributed by atoms with Crippen LogP contribution in [0.1, 0.15) is 24.2 Å². The molecule has 0 spiro atoms. The molecule has 0 radical (unpaired) electrons. The molecular weight excluding hydrogens is 324 g/mol. The molecule has 25 heavy (non-hydrogen) atoms. The van der Waals surface area contributed by atoms with Gasteiger partial charge in [0.25, 0.3) is 5.75 Å². The van der Waals surface area contributed by atoms with Crippen molar-refractivity contribution in [1.82, 2.24) is 0 Å². The molecule has 0 fully saturated rings. The van der Waals surface area contributed by atoms with Gasteiger partial charge in [-0.3, -0.25) is 0 Å². The highest BCUT2D eigenvalue weighted by Gasteiger charge is 2.21. The number of benzene rings is 2. The van der Waals surface area contributed by atoms with E-state index >= 15 is 0 Å². The number of carbonyl (C=O) groups is 1. The Labute approximate surface area is 143 Å². The van der Waals surface area contributed by atoms with E-state index in [-0.39, 0.29) is 22.6 Å². The van der Waals surface area contributed by atoms with Gasteiger partial charge in [-0.15, -0.1) is 0 Å². The molecule has 0 saturated carbocycles. The molecule has 3 aromatic rings. The van der Waals surface area contributed by atoms with Crippen molar-refractivity contribution in [2.24, 2.45) is 0 Å². The van der Waals surface area contributed by atoms with Crippen LogP contribution in [0.4, 0.5) is 0 Å². The lowest BCUT2D eigenvalue weighted by molar-refractivity contribution is 0.0723. The summed E-state index contributed by atoms with van der Waals surface area (Å²) in [6, 6.07) is 13.0. The molecule has 0 bridgehead atoms. The summed E-state index contributed by atoms with van der Waals surface area (Å²) in [4.78, 5) is 24.3. The van der Waals surface area contributed by atoms with Crippen LogP contribution in [-0.2, 0) is 0 Å². The van der Waals surface area contributed by atoms with Gasteiger partial charge in [-0.1, -0.05) is 24.3 Å². The third-order valence-corrected chi connectivity index (χ3v) is 3.40. The highest BCUT2D eigenvalue weighted by Crippen LogP contribution is 2.36. The van der Waals surface area contributed by atoms with Crippen LogP contribution in [-0.4, -0.2) is 17.2 Å². The van der Waals surface area contributed by atoms with Crippen LogP contribution in [0.2, 0.25) is 0 Å². The van der Waals surface area contributed by atoms with Crippen molar-refractivity contribution in [1.29, 1.82) is 0 Å². The largest absolute Gasteiger partial charge is 0.504 e. The number of carbonyl (C=O) groups excluding carboxylic acids is 1. The Balaban J connectivity index is 2.06. The van der Waals surface area contributed by atoms with Crippen molar-refractivity contribution < 1.29 is 23.8 Å². The predicted octanol–water partition coefficient (Wildman–Crippen LogP) is 3.51. The Hall–Kier alpha value is -3.28. The van der Waals surface area contributed by atoms with E-state index < -0.39 is 23.1 Å². The second kappa shape index (κ2) is 6.68. The minimum absolute atomic E-state index is 0.0956. The van der Waals surface area contributed by atoms with Crippen LogP contribution in [0.3, 0.4) is 0 Å². The van der Waals surface area contributed by atoms with Crippen LogP contribution in [0.25, 0.3) is 11.0 Å². The average Bonchev–Trinajstić information content (AvgIpc) is 2.59. The average molecular weight is 340 g/mol. The van der Waals surface area contributed by atoms with E-state index in [1.807, 2.05) is 13.8 Å². The Morgan fingerprint density at radius 2 is 1.80 bits per heavy atom. The van der Waals surface area contributed by atoms with E-state index in [1.54, 1.807) is 36.4 Å². The number of fused-ring (bicyclic) bond motifs is 1. The zero-order chi connectivity index (χ0) is 18.0. The first-order valence-corrected chi connectivity index (χ1v) is 7.70. The molecule has 0 aliphatic rings. The van der Waals surface area contributed by atoms with Crippen LogP contribution < -0.4 is 15.1 Å². The molecule has 128 valence electrons. The second-order valence-corrected chi connectivity index (χ2v) is 5.62. The van der Waals surface area contributed by atoms with Gasteiger partial charge in [0.05, 0.1) is 17.1 Å². The molecule has 2 aromatic carbocycles. The number of esters is 1. The molecule has 0 saturated heterocycles. The van der Waals surface area contributed by atoms with Gasteiger partial charge in [0.15, 0.2) is 17.1 Å². The van der Waals surface area contributed by atoms with E-state index in [4.69, 9.17) is 13.9 Å². The van der Waals surface area contributed by atoms with Gasteiger partial charge in [-0.05, 0) is 38.1 Å². The molecule has 6 nitrogen and oxygen atoms in total. The highest BCUT2D eigenvalue weighted by molar-refractivity contribution is 5.94. The molecular formula is C19H16O6. The fraction of sp³-hybridized carbons (Fsp3) is 0.158. The Bertz CT molecular complexity index is 972. The van der Waals surface area contributed by atoms with Gasteiger partial charge in [0.1, 0.15) is 0 Å². The summed E-state index contributed by atoms with van der Waals surface area (Å²) in [7, 11) is 0. The second-order valence-electron chi connectivity index (χ2n) is 5.62. The van der Waals surface area contributed by atoms with Crippen LogP contribution in [0.15, 0.2) is 57.7 Å². The van der Waals surface area contributed by atoms with Gasteiger partial charge in [-0.2, -0.15) is 0 Å². The van der Waals surface area contributed by atoms with Gasteiger partial charge in [0.2, 0.25) is 0 Å². The van der Waals surface area contributed by atoms with E-state index in [0.29, 0.717) is 5.75 Å². The fourth-order valence-corrected chi connectivity index (χ4v) is 2.33. The smallest absolute Gasteiger partial charge is 0.383 e. The molecule has 0 aliphatic carbocycles. The standard InChI is InChI=1S/C19H16O6/c1-11(2)23-14-10-6-9-13-15(20)17(19(22)24-16(13)14)25-18(21)12-7-4-3-5-8-12/h3-11,20H,1-2H3. The van der Waals surface area contributed by atoms with E-state index in [2.05, 4.69) is 0 Å². The Morgan fingerprint density at radius 1 is 1.08 bits per heavy atom. The maximum absolute atomic E-state index is 12.2. The van der Waals surface area contributed by atoms with Crippen molar-refractivity contribution in [3.63, 3.8) is 0 Å². The number of hydrogen-bond donors (Lipinski definition) is 1. The SMILES string of the molecule is CC(C)Oc1cccc2c(O)c(OC(=O)c3ccccc3)c(=O)oc12. The van der Waals surface area contributed by atoms with Crippen molar-refractivity contribution in [3.8, 4) is 17.2 Å². The molecule has 1 N–H and O–H groups in total. The van der Waals surface area contributed by atoms with Crippen LogP contribution in [0, 0.1) is 0 Å². The van der Waals surface area contributed by atoms with Crippen LogP contribution in [0.5, 0.6) is 17.2 Å². The van der Waals surface area contributed by atoms with Gasteiger partial charge in [-0.25, -0.2) is 9.59 Å². The molecule has 0 atom stereocenters. The van der Waals surface area contributed by atoms with Crippen molar-refractivity contribution in [2.45, 2.75) is 20.0 Å². The molecule has 6 heteroatoms. The van der Waals surface area contributed by atoms with Gasteiger partial charge in [0, 0.05) is 0 Å². The number of aromatic hydroxyl groups is 1. The van der Waals surface area contributed by atoms with Gasteiger partial charge < -0.3 is 19.0 Å². The molecule has 1 heterocycles. The lowest BCUT2D eigenvalue weighted by atomic mass is 10.2. The Kier molecular flexibility index (Phi) is 4.43. The monoisotopic (exact) mass is 340 g/mol. The normalized spacial score (nSPS) is 10.8. The molecule has 1 aromatic heterocycles. The topological polar surface area (TPSA) is 86.0 Å². The van der Waals surface area contributed by atoms with E-state index in [1.165, 1.54) is 12.1 Å². The molecule has 0 unspecified atom stereocenters. The first-order chi connectivity index (χ1) is 12.0. The quantitative estimate of drug-likeness (QED) is 0.578. The number of para-hydroxylation sites is 1. The maximum atomic E-state index is 12.2. The summed E-state index contributed by atoms with van der Waals surface area (Å²) in [5.74, 6) is -1.47. The summed E-state index contributed by atoms with van der Waals surface area (Å²) in [5.41, 5.74) is -0.620. The summed E-state index contributed by atoms with van der Waals surface area (Å²) in [6.45, 7) is 3.65. The number of rotatable bonds is 4. The zero-order valence-corrected chi connectivity index (χ0v) is 13.7. The summed E-state index contributed by atoms with van der Waals surface area (Å²) in [5, 5.41) is 10.6. The third-order valence-electron chi connectivity index (χ3n) is 3.40. The number of hydrogen-bond acceptors (Lipinski definition) is 6. The maximum Gasteiger partial charge on any atom is 0.383 e. The first kappa shape index (κ1) is 16.6. The molecule has 0 aliphatic heterocycles. The van der Waals surface area contributed by atoms with Crippen LogP contribution >= 0.6 is 0 Å². The van der Waals surface area contributed by atoms with Gasteiger partial charge >= 0.3 is 11.6 Å². The summed E-state index contributed by atoms with van der Waals surface area (Å²) < 4.78 is 15.9. The minimum atomic E-state index is -0.964. The first-order valence-electron chi connectivity index (χ1n) is 7.70. The predicted molar refractivity (Wildman–Crippen MR) is 91.3 cm³/mol. The van der Waals surface area contributed by atoms with E-state index in [9.17, 15) is 14.7 Å². The minimum Gasteiger partial charge on any atom is -0.504 e. The van der Waals surface area contributed by atoms with Crippen molar-refractivity contribution in [3.05, 3.63) is 64.5 Å². The fourth-order valence-electron chi connectivity index (χ4n) is 2.33. The lowest BCUT2D eigenvalue weighted by Gasteiger charge is -2.12. The summed E-state index contributed by atoms with van der Waals surface area (Å²) in [6.07, 6.45) is -0.145. The Morgan fingerprint density at radius 3 is 2.48 bits per heavy atom. The summed E-state index contributed by atoms with van der Waals surface area (Å²) >= 11 is 0. The molecule has 0 amide bonds. The van der Waals surface area contributed by atoms with Crippen molar-refractivity contribution in [2.75, 3.05) is 0 Å².